The van der Waals surface area contributed by atoms with Gasteiger partial charge >= 0.3 is 0 Å². The quantitative estimate of drug-likeness (QED) is 0.850. The van der Waals surface area contributed by atoms with Crippen LogP contribution in [0.4, 0.5) is 5.69 Å². The molecule has 2 rings (SSSR count). The van der Waals surface area contributed by atoms with E-state index in [1.165, 1.54) is 11.1 Å². The largest absolute Gasteiger partial charge is 0.388 e. The summed E-state index contributed by atoms with van der Waals surface area (Å²) in [7, 11) is 0. The van der Waals surface area contributed by atoms with E-state index < -0.39 is 6.10 Å². The van der Waals surface area contributed by atoms with E-state index in [9.17, 15) is 5.11 Å². The van der Waals surface area contributed by atoms with Crippen LogP contribution in [-0.2, 0) is 0 Å². The highest BCUT2D eigenvalue weighted by Crippen LogP contribution is 2.19. The van der Waals surface area contributed by atoms with E-state index in [-0.39, 0.29) is 0 Å². The van der Waals surface area contributed by atoms with Gasteiger partial charge in [-0.2, -0.15) is 0 Å². The molecule has 2 aromatic carbocycles. The molecule has 0 aromatic heterocycles. The summed E-state index contributed by atoms with van der Waals surface area (Å²) in [6.07, 6.45) is 0.302. The van der Waals surface area contributed by atoms with Gasteiger partial charge in [0.1, 0.15) is 0 Å². The van der Waals surface area contributed by atoms with Crippen LogP contribution in [-0.4, -0.2) is 11.7 Å². The minimum absolute atomic E-state index is 0.404. The van der Waals surface area contributed by atoms with Crippen molar-refractivity contribution in [3.8, 4) is 0 Å². The molecule has 0 heterocycles. The summed E-state index contributed by atoms with van der Waals surface area (Å²) in [6, 6.07) is 16.2. The van der Waals surface area contributed by atoms with Gasteiger partial charge in [0, 0.05) is 12.2 Å². The van der Waals surface area contributed by atoms with E-state index in [0.29, 0.717) is 6.42 Å². The van der Waals surface area contributed by atoms with Crippen molar-refractivity contribution in [3.63, 3.8) is 0 Å². The molecule has 0 spiro atoms. The molecular formula is C17H21NO. The van der Waals surface area contributed by atoms with Crippen LogP contribution in [0.3, 0.4) is 0 Å². The summed E-state index contributed by atoms with van der Waals surface area (Å²) in [5, 5.41) is 13.5. The minimum atomic E-state index is -0.404. The van der Waals surface area contributed by atoms with Crippen molar-refractivity contribution in [3.05, 3.63) is 65.2 Å². The van der Waals surface area contributed by atoms with Gasteiger partial charge in [-0.25, -0.2) is 0 Å². The molecule has 0 saturated carbocycles. The number of rotatable bonds is 5. The van der Waals surface area contributed by atoms with Crippen molar-refractivity contribution in [2.75, 3.05) is 11.9 Å². The monoisotopic (exact) mass is 255 g/mol. The number of anilines is 1. The Hall–Kier alpha value is -1.80. The Balaban J connectivity index is 1.88. The molecule has 19 heavy (non-hydrogen) atoms. The molecule has 0 fully saturated rings. The lowest BCUT2D eigenvalue weighted by Crippen LogP contribution is -2.08. The Bertz CT molecular complexity index is 522. The van der Waals surface area contributed by atoms with Gasteiger partial charge in [-0.1, -0.05) is 42.5 Å². The SMILES string of the molecule is Cc1ccc(C)c(NCCC(O)c2ccccc2)c1. The summed E-state index contributed by atoms with van der Waals surface area (Å²) >= 11 is 0. The predicted molar refractivity (Wildman–Crippen MR) is 80.4 cm³/mol. The third-order valence-corrected chi connectivity index (χ3v) is 3.31. The van der Waals surface area contributed by atoms with Crippen molar-refractivity contribution in [2.45, 2.75) is 26.4 Å². The summed E-state index contributed by atoms with van der Waals surface area (Å²) in [4.78, 5) is 0. The van der Waals surface area contributed by atoms with E-state index in [2.05, 4.69) is 37.4 Å². The summed E-state index contributed by atoms with van der Waals surface area (Å²) in [5.74, 6) is 0. The fraction of sp³-hybridized carbons (Fsp3) is 0.294. The number of hydrogen-bond acceptors (Lipinski definition) is 2. The van der Waals surface area contributed by atoms with Gasteiger partial charge in [0.05, 0.1) is 6.10 Å². The summed E-state index contributed by atoms with van der Waals surface area (Å²) in [5.41, 5.74) is 4.61. The van der Waals surface area contributed by atoms with Crippen LogP contribution in [0.25, 0.3) is 0 Å². The molecule has 0 aliphatic rings. The van der Waals surface area contributed by atoms with Crippen LogP contribution in [0.2, 0.25) is 0 Å². The van der Waals surface area contributed by atoms with E-state index in [0.717, 1.165) is 17.8 Å². The standard InChI is InChI=1S/C17H21NO/c1-13-8-9-14(2)16(12-13)18-11-10-17(19)15-6-4-3-5-7-15/h3-9,12,17-19H,10-11H2,1-2H3. The van der Waals surface area contributed by atoms with Crippen molar-refractivity contribution < 1.29 is 5.11 Å². The molecule has 100 valence electrons. The maximum Gasteiger partial charge on any atom is 0.0806 e. The third kappa shape index (κ3) is 3.83. The van der Waals surface area contributed by atoms with Crippen LogP contribution < -0.4 is 5.32 Å². The Morgan fingerprint density at radius 1 is 1.05 bits per heavy atom. The average molecular weight is 255 g/mol. The van der Waals surface area contributed by atoms with Crippen LogP contribution >= 0.6 is 0 Å². The molecule has 2 aromatic rings. The maximum absolute atomic E-state index is 10.1. The van der Waals surface area contributed by atoms with Crippen LogP contribution in [0, 0.1) is 13.8 Å². The zero-order chi connectivity index (χ0) is 13.7. The van der Waals surface area contributed by atoms with Crippen LogP contribution in [0.5, 0.6) is 0 Å². The van der Waals surface area contributed by atoms with E-state index in [1.807, 2.05) is 30.3 Å². The first-order chi connectivity index (χ1) is 9.16. The highest BCUT2D eigenvalue weighted by atomic mass is 16.3. The van der Waals surface area contributed by atoms with Gasteiger partial charge in [-0.3, -0.25) is 0 Å². The van der Waals surface area contributed by atoms with E-state index in [4.69, 9.17) is 0 Å². The molecule has 1 atom stereocenters. The normalized spacial score (nSPS) is 12.2. The second kappa shape index (κ2) is 6.39. The lowest BCUT2D eigenvalue weighted by molar-refractivity contribution is 0.171. The fourth-order valence-corrected chi connectivity index (χ4v) is 2.11. The summed E-state index contributed by atoms with van der Waals surface area (Å²) < 4.78 is 0. The van der Waals surface area contributed by atoms with E-state index in [1.54, 1.807) is 0 Å². The Kier molecular flexibility index (Phi) is 4.58. The van der Waals surface area contributed by atoms with Gasteiger partial charge in [-0.05, 0) is 43.0 Å². The molecule has 2 heteroatoms. The first-order valence-corrected chi connectivity index (χ1v) is 6.71. The molecule has 0 aliphatic carbocycles. The highest BCUT2D eigenvalue weighted by molar-refractivity contribution is 5.52. The molecule has 2 nitrogen and oxygen atoms in total. The average Bonchev–Trinajstić information content (AvgIpc) is 2.43. The lowest BCUT2D eigenvalue weighted by Gasteiger charge is -2.14. The van der Waals surface area contributed by atoms with Crippen molar-refractivity contribution in [2.24, 2.45) is 0 Å². The number of aliphatic hydroxyl groups excluding tert-OH is 1. The number of benzene rings is 2. The smallest absolute Gasteiger partial charge is 0.0806 e. The second-order valence-corrected chi connectivity index (χ2v) is 4.96. The van der Waals surface area contributed by atoms with Crippen molar-refractivity contribution in [1.29, 1.82) is 0 Å². The van der Waals surface area contributed by atoms with Crippen molar-refractivity contribution in [1.82, 2.24) is 0 Å². The third-order valence-electron chi connectivity index (χ3n) is 3.31. The number of hydrogen-bond donors (Lipinski definition) is 2. The molecule has 2 N–H and O–H groups in total. The number of aliphatic hydroxyl groups is 1. The first kappa shape index (κ1) is 13.6. The van der Waals surface area contributed by atoms with Crippen LogP contribution in [0.1, 0.15) is 29.2 Å². The first-order valence-electron chi connectivity index (χ1n) is 6.71. The maximum atomic E-state index is 10.1. The van der Waals surface area contributed by atoms with Crippen LogP contribution in [0.15, 0.2) is 48.5 Å². The Labute approximate surface area is 115 Å². The predicted octanol–water partition coefficient (Wildman–Crippen LogP) is 3.84. The molecule has 0 saturated heterocycles. The minimum Gasteiger partial charge on any atom is -0.388 e. The number of aryl methyl sites for hydroxylation is 2. The number of nitrogens with one attached hydrogen (secondary N) is 1. The van der Waals surface area contributed by atoms with Gasteiger partial charge in [0.15, 0.2) is 0 Å². The molecule has 0 amide bonds. The lowest BCUT2D eigenvalue weighted by atomic mass is 10.1. The summed E-state index contributed by atoms with van der Waals surface area (Å²) in [6.45, 7) is 4.94. The molecule has 0 radical (unpaired) electrons. The van der Waals surface area contributed by atoms with E-state index >= 15 is 0 Å². The topological polar surface area (TPSA) is 32.3 Å². The van der Waals surface area contributed by atoms with Gasteiger partial charge in [0.2, 0.25) is 0 Å². The fourth-order valence-electron chi connectivity index (χ4n) is 2.11. The Morgan fingerprint density at radius 3 is 2.53 bits per heavy atom. The zero-order valence-corrected chi connectivity index (χ0v) is 11.6. The molecule has 0 bridgehead atoms. The van der Waals surface area contributed by atoms with Gasteiger partial charge < -0.3 is 10.4 Å². The zero-order valence-electron chi connectivity index (χ0n) is 11.6. The molecule has 1 unspecified atom stereocenters. The highest BCUT2D eigenvalue weighted by Gasteiger charge is 2.06. The molecular weight excluding hydrogens is 234 g/mol. The second-order valence-electron chi connectivity index (χ2n) is 4.96. The Morgan fingerprint density at radius 2 is 1.79 bits per heavy atom. The van der Waals surface area contributed by atoms with Crippen molar-refractivity contribution >= 4 is 5.69 Å². The molecule has 0 aliphatic heterocycles. The van der Waals surface area contributed by atoms with Gasteiger partial charge in [-0.15, -0.1) is 0 Å². The van der Waals surface area contributed by atoms with Gasteiger partial charge in [0.25, 0.3) is 0 Å².